The minimum absolute atomic E-state index is 0.163. The van der Waals surface area contributed by atoms with Gasteiger partial charge in [-0.15, -0.1) is 0 Å². The molecule has 0 saturated carbocycles. The van der Waals surface area contributed by atoms with E-state index >= 15 is 0 Å². The van der Waals surface area contributed by atoms with Crippen molar-refractivity contribution in [1.29, 1.82) is 0 Å². The molecule has 0 aliphatic rings. The highest BCUT2D eigenvalue weighted by molar-refractivity contribution is 7.92. The fraction of sp³-hybridized carbons (Fsp3) is 0.269. The molecule has 0 saturated heterocycles. The lowest BCUT2D eigenvalue weighted by Crippen LogP contribution is -2.30. The van der Waals surface area contributed by atoms with E-state index in [0.29, 0.717) is 17.0 Å². The number of halogens is 1. The smallest absolute Gasteiger partial charge is 0.251 e. The quantitative estimate of drug-likeness (QED) is 0.423. The number of rotatable bonds is 10. The van der Waals surface area contributed by atoms with Crippen LogP contribution in [0.3, 0.4) is 0 Å². The third-order valence-corrected chi connectivity index (χ3v) is 6.37. The standard InChI is InChI=1S/C26H29FN2O4S/c1-19(2)24-6-4-5-7-25(24)29(34(3,31)32)18-20-8-10-21(11-9-20)26(30)28-16-17-33-23-14-12-22(27)13-15-23/h4-15,19H,16-18H2,1-3H3,(H,28,30). The van der Waals surface area contributed by atoms with Gasteiger partial charge in [0.15, 0.2) is 0 Å². The Morgan fingerprint density at radius 3 is 2.26 bits per heavy atom. The topological polar surface area (TPSA) is 75.7 Å². The molecule has 0 bridgehead atoms. The highest BCUT2D eigenvalue weighted by Crippen LogP contribution is 2.30. The van der Waals surface area contributed by atoms with Gasteiger partial charge >= 0.3 is 0 Å². The summed E-state index contributed by atoms with van der Waals surface area (Å²) in [6.07, 6.45) is 1.19. The zero-order valence-electron chi connectivity index (χ0n) is 19.5. The molecule has 6 nitrogen and oxygen atoms in total. The second-order valence-corrected chi connectivity index (χ2v) is 10.1. The summed E-state index contributed by atoms with van der Waals surface area (Å²) in [5.41, 5.74) is 2.83. The Bertz CT molecular complexity index is 1210. The Labute approximate surface area is 200 Å². The van der Waals surface area contributed by atoms with Crippen LogP contribution in [0.1, 0.15) is 41.3 Å². The summed E-state index contributed by atoms with van der Waals surface area (Å²) in [6, 6.07) is 20.0. The van der Waals surface area contributed by atoms with Crippen LogP contribution in [0.5, 0.6) is 5.75 Å². The van der Waals surface area contributed by atoms with E-state index < -0.39 is 10.0 Å². The fourth-order valence-electron chi connectivity index (χ4n) is 3.48. The number of benzene rings is 3. The summed E-state index contributed by atoms with van der Waals surface area (Å²) in [5.74, 6) is 0.0836. The molecule has 0 aliphatic carbocycles. The normalized spacial score (nSPS) is 11.3. The molecule has 0 fully saturated rings. The number of nitrogens with zero attached hydrogens (tertiary/aromatic N) is 1. The van der Waals surface area contributed by atoms with Crippen molar-refractivity contribution >= 4 is 21.6 Å². The van der Waals surface area contributed by atoms with Gasteiger partial charge in [0.25, 0.3) is 5.91 Å². The van der Waals surface area contributed by atoms with Crippen molar-refractivity contribution in [2.75, 3.05) is 23.7 Å². The summed E-state index contributed by atoms with van der Waals surface area (Å²) in [7, 11) is -3.52. The van der Waals surface area contributed by atoms with Gasteiger partial charge in [-0.05, 0) is 59.5 Å². The van der Waals surface area contributed by atoms with E-state index in [2.05, 4.69) is 5.32 Å². The molecule has 3 aromatic carbocycles. The van der Waals surface area contributed by atoms with Gasteiger partial charge in [0.05, 0.1) is 25.0 Å². The lowest BCUT2D eigenvalue weighted by Gasteiger charge is -2.26. The van der Waals surface area contributed by atoms with Crippen LogP contribution in [0.25, 0.3) is 0 Å². The molecule has 8 heteroatoms. The van der Waals surface area contributed by atoms with Crippen molar-refractivity contribution in [3.05, 3.63) is 95.3 Å². The van der Waals surface area contributed by atoms with Crippen molar-refractivity contribution in [2.45, 2.75) is 26.3 Å². The van der Waals surface area contributed by atoms with Crippen LogP contribution in [0, 0.1) is 5.82 Å². The average Bonchev–Trinajstić information content (AvgIpc) is 2.81. The molecule has 34 heavy (non-hydrogen) atoms. The minimum Gasteiger partial charge on any atom is -0.492 e. The van der Waals surface area contributed by atoms with Crippen molar-refractivity contribution in [2.24, 2.45) is 0 Å². The predicted octanol–water partition coefficient (Wildman–Crippen LogP) is 4.72. The first kappa shape index (κ1) is 25.2. The fourth-order valence-corrected chi connectivity index (χ4v) is 4.38. The van der Waals surface area contributed by atoms with Gasteiger partial charge in [-0.1, -0.05) is 44.2 Å². The summed E-state index contributed by atoms with van der Waals surface area (Å²) >= 11 is 0. The van der Waals surface area contributed by atoms with Gasteiger partial charge < -0.3 is 10.1 Å². The number of carbonyl (C=O) groups is 1. The van der Waals surface area contributed by atoms with Crippen LogP contribution in [-0.2, 0) is 16.6 Å². The molecule has 180 valence electrons. The molecular weight excluding hydrogens is 455 g/mol. The maximum absolute atomic E-state index is 12.9. The summed E-state index contributed by atoms with van der Waals surface area (Å²) < 4.78 is 44.9. The molecule has 1 amide bonds. The first-order chi connectivity index (χ1) is 16.1. The number of nitrogens with one attached hydrogen (secondary N) is 1. The second-order valence-electron chi connectivity index (χ2n) is 8.24. The molecular formula is C26H29FN2O4S. The molecule has 0 aliphatic heterocycles. The molecule has 3 rings (SSSR count). The van der Waals surface area contributed by atoms with Gasteiger partial charge in [0, 0.05) is 5.56 Å². The van der Waals surface area contributed by atoms with Crippen LogP contribution in [-0.4, -0.2) is 33.7 Å². The number of hydrogen-bond acceptors (Lipinski definition) is 4. The van der Waals surface area contributed by atoms with E-state index in [1.165, 1.54) is 34.8 Å². The van der Waals surface area contributed by atoms with Crippen molar-refractivity contribution in [3.63, 3.8) is 0 Å². The molecule has 0 unspecified atom stereocenters. The van der Waals surface area contributed by atoms with Gasteiger partial charge in [-0.3, -0.25) is 9.10 Å². The highest BCUT2D eigenvalue weighted by Gasteiger charge is 2.21. The molecule has 0 aromatic heterocycles. The predicted molar refractivity (Wildman–Crippen MR) is 132 cm³/mol. The summed E-state index contributed by atoms with van der Waals surface area (Å²) in [6.45, 7) is 4.74. The first-order valence-corrected chi connectivity index (χ1v) is 12.8. The van der Waals surface area contributed by atoms with Crippen LogP contribution < -0.4 is 14.4 Å². The maximum Gasteiger partial charge on any atom is 0.251 e. The number of sulfonamides is 1. The van der Waals surface area contributed by atoms with Gasteiger partial charge in [-0.2, -0.15) is 0 Å². The lowest BCUT2D eigenvalue weighted by atomic mass is 10.0. The number of anilines is 1. The van der Waals surface area contributed by atoms with E-state index in [9.17, 15) is 17.6 Å². The lowest BCUT2D eigenvalue weighted by molar-refractivity contribution is 0.0947. The molecule has 0 spiro atoms. The van der Waals surface area contributed by atoms with Crippen LogP contribution in [0.15, 0.2) is 72.8 Å². The number of ether oxygens (including phenoxy) is 1. The van der Waals surface area contributed by atoms with Gasteiger partial charge in [0.2, 0.25) is 10.0 Å². The van der Waals surface area contributed by atoms with E-state index in [1.54, 1.807) is 24.3 Å². The van der Waals surface area contributed by atoms with Gasteiger partial charge in [-0.25, -0.2) is 12.8 Å². The van der Waals surface area contributed by atoms with Crippen molar-refractivity contribution in [3.8, 4) is 5.75 Å². The zero-order chi connectivity index (χ0) is 24.7. The Kier molecular flexibility index (Phi) is 8.28. The molecule has 1 N–H and O–H groups in total. The molecule has 0 radical (unpaired) electrons. The highest BCUT2D eigenvalue weighted by atomic mass is 32.2. The number of hydrogen-bond donors (Lipinski definition) is 1. The largest absolute Gasteiger partial charge is 0.492 e. The minimum atomic E-state index is -3.52. The SMILES string of the molecule is CC(C)c1ccccc1N(Cc1ccc(C(=O)NCCOc2ccc(F)cc2)cc1)S(C)(=O)=O. The monoisotopic (exact) mass is 484 g/mol. The van der Waals surface area contributed by atoms with E-state index in [4.69, 9.17) is 4.74 Å². The Balaban J connectivity index is 1.62. The van der Waals surface area contributed by atoms with E-state index in [-0.39, 0.29) is 37.3 Å². The second kappa shape index (κ2) is 11.2. The third kappa shape index (κ3) is 6.81. The maximum atomic E-state index is 12.9. The van der Waals surface area contributed by atoms with E-state index in [1.807, 2.05) is 38.1 Å². The zero-order valence-corrected chi connectivity index (χ0v) is 20.3. The molecule has 3 aromatic rings. The Morgan fingerprint density at radius 2 is 1.65 bits per heavy atom. The number of amides is 1. The van der Waals surface area contributed by atoms with E-state index in [0.717, 1.165) is 11.1 Å². The third-order valence-electron chi connectivity index (χ3n) is 5.24. The van der Waals surface area contributed by atoms with Crippen LogP contribution >= 0.6 is 0 Å². The first-order valence-electron chi connectivity index (χ1n) is 11.0. The summed E-state index contributed by atoms with van der Waals surface area (Å²) in [5, 5.41) is 2.77. The Morgan fingerprint density at radius 1 is 1.00 bits per heavy atom. The molecule has 0 atom stereocenters. The van der Waals surface area contributed by atoms with Crippen LogP contribution in [0.2, 0.25) is 0 Å². The Hall–Kier alpha value is -3.39. The molecule has 0 heterocycles. The van der Waals surface area contributed by atoms with Crippen molar-refractivity contribution in [1.82, 2.24) is 5.32 Å². The average molecular weight is 485 g/mol. The number of carbonyl (C=O) groups excluding carboxylic acids is 1. The number of para-hydroxylation sites is 1. The van der Waals surface area contributed by atoms with Crippen LogP contribution in [0.4, 0.5) is 10.1 Å². The van der Waals surface area contributed by atoms with Crippen molar-refractivity contribution < 1.29 is 22.3 Å². The summed E-state index contributed by atoms with van der Waals surface area (Å²) in [4.78, 5) is 12.4. The van der Waals surface area contributed by atoms with Gasteiger partial charge in [0.1, 0.15) is 18.2 Å².